The molecule has 0 spiro atoms. The van der Waals surface area contributed by atoms with Crippen LogP contribution in [0, 0.1) is 5.92 Å². The maximum absolute atomic E-state index is 6.40. The van der Waals surface area contributed by atoms with Crippen LogP contribution >= 0.6 is 0 Å². The average Bonchev–Trinajstić information content (AvgIpc) is 2.85. The normalized spacial score (nSPS) is 21.0. The van der Waals surface area contributed by atoms with Gasteiger partial charge in [-0.15, -0.1) is 6.58 Å². The zero-order valence-electron chi connectivity index (χ0n) is 15.6. The highest BCUT2D eigenvalue weighted by atomic mass is 16.5. The van der Waals surface area contributed by atoms with Crippen molar-refractivity contribution in [1.29, 1.82) is 0 Å². The summed E-state index contributed by atoms with van der Waals surface area (Å²) in [6, 6.07) is 4.59. The Morgan fingerprint density at radius 3 is 2.71 bits per heavy atom. The molecule has 4 heteroatoms. The highest BCUT2D eigenvalue weighted by Crippen LogP contribution is 2.41. The van der Waals surface area contributed by atoms with E-state index in [1.165, 1.54) is 11.1 Å². The molecule has 1 heterocycles. The number of nitrogen functional groups attached to an aromatic ring is 1. The molecule has 134 valence electrons. The lowest BCUT2D eigenvalue weighted by Gasteiger charge is -2.31. The van der Waals surface area contributed by atoms with E-state index in [2.05, 4.69) is 45.4 Å². The first kappa shape index (κ1) is 18.8. The summed E-state index contributed by atoms with van der Waals surface area (Å²) in [7, 11) is 2.22. The third kappa shape index (κ3) is 3.93. The minimum absolute atomic E-state index is 0.491. The first-order valence-corrected chi connectivity index (χ1v) is 9.00. The van der Waals surface area contributed by atoms with Gasteiger partial charge in [-0.2, -0.15) is 0 Å². The molecule has 4 nitrogen and oxygen atoms in total. The predicted molar refractivity (Wildman–Crippen MR) is 102 cm³/mol. The van der Waals surface area contributed by atoms with Crippen LogP contribution < -0.4 is 16.2 Å². The Kier molecular flexibility index (Phi) is 5.94. The Morgan fingerprint density at radius 1 is 1.42 bits per heavy atom. The van der Waals surface area contributed by atoms with Crippen molar-refractivity contribution < 1.29 is 4.74 Å². The van der Waals surface area contributed by atoms with Crippen LogP contribution in [0.1, 0.15) is 44.7 Å². The van der Waals surface area contributed by atoms with E-state index < -0.39 is 5.72 Å². The number of hydrogen-bond donors (Lipinski definition) is 2. The minimum atomic E-state index is -0.711. The molecule has 1 aliphatic rings. The Balaban J connectivity index is 2.30. The molecule has 4 N–H and O–H groups in total. The first-order chi connectivity index (χ1) is 11.3. The van der Waals surface area contributed by atoms with E-state index in [1.807, 2.05) is 12.1 Å². The van der Waals surface area contributed by atoms with Crippen molar-refractivity contribution in [3.8, 4) is 5.75 Å². The number of nitrogens with zero attached hydrogens (tertiary/aromatic N) is 1. The predicted octanol–water partition coefficient (Wildman–Crippen LogP) is 3.34. The monoisotopic (exact) mass is 331 g/mol. The molecular formula is C20H33N3O. The van der Waals surface area contributed by atoms with Gasteiger partial charge in [0.25, 0.3) is 0 Å². The van der Waals surface area contributed by atoms with E-state index in [0.717, 1.165) is 25.1 Å². The van der Waals surface area contributed by atoms with Gasteiger partial charge >= 0.3 is 0 Å². The molecule has 0 amide bonds. The van der Waals surface area contributed by atoms with Crippen molar-refractivity contribution in [2.24, 2.45) is 11.7 Å². The van der Waals surface area contributed by atoms with Gasteiger partial charge < -0.3 is 15.4 Å². The van der Waals surface area contributed by atoms with E-state index in [9.17, 15) is 0 Å². The van der Waals surface area contributed by atoms with E-state index in [0.29, 0.717) is 30.5 Å². The second-order valence-corrected chi connectivity index (χ2v) is 7.45. The van der Waals surface area contributed by atoms with Gasteiger partial charge in [0.1, 0.15) is 5.75 Å². The molecule has 2 atom stereocenters. The summed E-state index contributed by atoms with van der Waals surface area (Å²) in [6.07, 6.45) is 5.27. The fraction of sp³-hybridized carbons (Fsp3) is 0.600. The number of hydrogen-bond acceptors (Lipinski definition) is 4. The van der Waals surface area contributed by atoms with Gasteiger partial charge in [0.2, 0.25) is 0 Å². The number of ether oxygens (including phenoxy) is 1. The Hall–Kier alpha value is -1.52. The second kappa shape index (κ2) is 7.58. The molecule has 2 rings (SSSR count). The minimum Gasteiger partial charge on any atom is -0.470 e. The second-order valence-electron chi connectivity index (χ2n) is 7.45. The summed E-state index contributed by atoms with van der Waals surface area (Å²) >= 11 is 0. The summed E-state index contributed by atoms with van der Waals surface area (Å²) in [5.41, 5.74) is 15.0. The van der Waals surface area contributed by atoms with E-state index in [-0.39, 0.29) is 0 Å². The zero-order chi connectivity index (χ0) is 17.9. The summed E-state index contributed by atoms with van der Waals surface area (Å²) in [5.74, 6) is 1.35. The Labute approximate surface area is 146 Å². The van der Waals surface area contributed by atoms with Crippen LogP contribution in [0.4, 0.5) is 5.69 Å². The van der Waals surface area contributed by atoms with Gasteiger partial charge in [0.15, 0.2) is 5.72 Å². The largest absolute Gasteiger partial charge is 0.470 e. The van der Waals surface area contributed by atoms with Crippen LogP contribution in [0.25, 0.3) is 0 Å². The molecular weight excluding hydrogens is 298 g/mol. The molecule has 1 aliphatic heterocycles. The van der Waals surface area contributed by atoms with Crippen molar-refractivity contribution in [2.75, 3.05) is 19.3 Å². The number of fused-ring (bicyclic) bond motifs is 1. The number of benzene rings is 1. The smallest absolute Gasteiger partial charge is 0.166 e. The molecule has 0 saturated carbocycles. The third-order valence-electron chi connectivity index (χ3n) is 5.00. The SMILES string of the molecule is C=CC[C@@]1(N)Cc2c(C[C@H](C(C)C)N(C)CCC)ccc(N)c2O1. The molecule has 0 unspecified atom stereocenters. The van der Waals surface area contributed by atoms with Crippen LogP contribution in [0.2, 0.25) is 0 Å². The summed E-state index contributed by atoms with van der Waals surface area (Å²) in [5, 5.41) is 0. The van der Waals surface area contributed by atoms with E-state index in [4.69, 9.17) is 16.2 Å². The summed E-state index contributed by atoms with van der Waals surface area (Å²) in [6.45, 7) is 11.7. The highest BCUT2D eigenvalue weighted by Gasteiger charge is 2.37. The quantitative estimate of drug-likeness (QED) is 0.566. The van der Waals surface area contributed by atoms with Gasteiger partial charge in [-0.1, -0.05) is 32.9 Å². The Morgan fingerprint density at radius 2 is 2.12 bits per heavy atom. The van der Waals surface area contributed by atoms with E-state index >= 15 is 0 Å². The van der Waals surface area contributed by atoms with Crippen molar-refractivity contribution in [3.05, 3.63) is 35.9 Å². The molecule has 0 fully saturated rings. The van der Waals surface area contributed by atoms with Gasteiger partial charge in [0, 0.05) is 24.4 Å². The molecule has 0 aliphatic carbocycles. The highest BCUT2D eigenvalue weighted by molar-refractivity contribution is 5.62. The lowest BCUT2D eigenvalue weighted by atomic mass is 9.90. The Bertz CT molecular complexity index is 584. The molecule has 0 aromatic heterocycles. The summed E-state index contributed by atoms with van der Waals surface area (Å²) < 4.78 is 6.02. The zero-order valence-corrected chi connectivity index (χ0v) is 15.6. The number of rotatable bonds is 8. The van der Waals surface area contributed by atoms with Gasteiger partial charge in [0.05, 0.1) is 5.69 Å². The number of nitrogens with two attached hydrogens (primary N) is 2. The maximum Gasteiger partial charge on any atom is 0.166 e. The summed E-state index contributed by atoms with van der Waals surface area (Å²) in [4.78, 5) is 2.46. The number of anilines is 1. The van der Waals surface area contributed by atoms with Gasteiger partial charge in [-0.3, -0.25) is 5.73 Å². The van der Waals surface area contributed by atoms with Gasteiger partial charge in [-0.05, 0) is 44.0 Å². The van der Waals surface area contributed by atoms with Crippen LogP contribution in [0.5, 0.6) is 5.75 Å². The van der Waals surface area contributed by atoms with Crippen LogP contribution in [0.15, 0.2) is 24.8 Å². The molecule has 0 bridgehead atoms. The van der Waals surface area contributed by atoms with Crippen LogP contribution in [0.3, 0.4) is 0 Å². The maximum atomic E-state index is 6.40. The molecule has 24 heavy (non-hydrogen) atoms. The number of likely N-dealkylation sites (N-methyl/N-ethyl adjacent to an activating group) is 1. The van der Waals surface area contributed by atoms with Crippen LogP contribution in [-0.4, -0.2) is 30.3 Å². The molecule has 1 aromatic rings. The standard InChI is InChI=1S/C20H33N3O/c1-6-10-20(22)13-16-15(8-9-17(21)19(16)24-20)12-18(14(3)4)23(5)11-7-2/h6,8-9,14,18H,1,7,10-13,21-22H2,2-5H3/t18-,20+/m1/s1. The van der Waals surface area contributed by atoms with Crippen molar-refractivity contribution >= 4 is 5.69 Å². The lowest BCUT2D eigenvalue weighted by molar-refractivity contribution is 0.106. The first-order valence-electron chi connectivity index (χ1n) is 9.00. The van der Waals surface area contributed by atoms with Crippen molar-refractivity contribution in [2.45, 2.75) is 58.2 Å². The fourth-order valence-electron chi connectivity index (χ4n) is 3.73. The van der Waals surface area contributed by atoms with Crippen molar-refractivity contribution in [3.63, 3.8) is 0 Å². The fourth-order valence-corrected chi connectivity index (χ4v) is 3.73. The third-order valence-corrected chi connectivity index (χ3v) is 5.00. The average molecular weight is 332 g/mol. The topological polar surface area (TPSA) is 64.5 Å². The van der Waals surface area contributed by atoms with Crippen molar-refractivity contribution in [1.82, 2.24) is 4.90 Å². The van der Waals surface area contributed by atoms with Crippen LogP contribution in [-0.2, 0) is 12.8 Å². The van der Waals surface area contributed by atoms with Gasteiger partial charge in [-0.25, -0.2) is 0 Å². The lowest BCUT2D eigenvalue weighted by Crippen LogP contribution is -2.44. The molecule has 0 saturated heterocycles. The molecule has 0 radical (unpaired) electrons. The van der Waals surface area contributed by atoms with E-state index in [1.54, 1.807) is 0 Å². The molecule has 1 aromatic carbocycles.